The Balaban J connectivity index is 1.61. The Morgan fingerprint density at radius 2 is 2.15 bits per heavy atom. The van der Waals surface area contributed by atoms with E-state index in [0.717, 1.165) is 5.56 Å². The summed E-state index contributed by atoms with van der Waals surface area (Å²) in [6, 6.07) is 10.7. The van der Waals surface area contributed by atoms with Gasteiger partial charge in [-0.05, 0) is 36.2 Å². The first-order valence-corrected chi connectivity index (χ1v) is 8.80. The van der Waals surface area contributed by atoms with Gasteiger partial charge in [0.15, 0.2) is 0 Å². The maximum Gasteiger partial charge on any atom is 0.274 e. The lowest BCUT2D eigenvalue weighted by molar-refractivity contribution is 0.102. The van der Waals surface area contributed by atoms with Crippen molar-refractivity contribution in [3.63, 3.8) is 0 Å². The third kappa shape index (κ3) is 5.29. The van der Waals surface area contributed by atoms with Gasteiger partial charge < -0.3 is 15.2 Å². The minimum atomic E-state index is -0.337. The smallest absolute Gasteiger partial charge is 0.274 e. The molecule has 0 radical (unpaired) electrons. The van der Waals surface area contributed by atoms with E-state index in [1.165, 1.54) is 0 Å². The van der Waals surface area contributed by atoms with Gasteiger partial charge in [0.25, 0.3) is 5.91 Å². The van der Waals surface area contributed by atoms with Crippen LogP contribution < -0.4 is 10.1 Å². The summed E-state index contributed by atoms with van der Waals surface area (Å²) in [5, 5.41) is 16.3. The summed E-state index contributed by atoms with van der Waals surface area (Å²) in [5.41, 5.74) is 1.64. The number of aliphatic hydroxyl groups is 1. The molecule has 27 heavy (non-hydrogen) atoms. The molecule has 3 rings (SSSR count). The zero-order chi connectivity index (χ0) is 19.1. The Morgan fingerprint density at radius 1 is 1.30 bits per heavy atom. The maximum atomic E-state index is 12.4. The summed E-state index contributed by atoms with van der Waals surface area (Å²) in [7, 11) is 0. The van der Waals surface area contributed by atoms with Gasteiger partial charge in [0, 0.05) is 25.5 Å². The fourth-order valence-electron chi connectivity index (χ4n) is 2.39. The van der Waals surface area contributed by atoms with E-state index in [0.29, 0.717) is 29.4 Å². The highest BCUT2D eigenvalue weighted by Gasteiger charge is 2.10. The monoisotopic (exact) mass is 386 g/mol. The first-order chi connectivity index (χ1) is 13.2. The molecular weight excluding hydrogens is 368 g/mol. The number of ether oxygens (including phenoxy) is 1. The lowest BCUT2D eigenvalue weighted by Crippen LogP contribution is -2.14. The first kappa shape index (κ1) is 18.9. The molecule has 0 aliphatic rings. The van der Waals surface area contributed by atoms with Gasteiger partial charge in [0.1, 0.15) is 18.1 Å². The number of pyridine rings is 1. The molecule has 0 atom stereocenters. The Labute approximate surface area is 161 Å². The van der Waals surface area contributed by atoms with Crippen molar-refractivity contribution in [3.8, 4) is 5.75 Å². The van der Waals surface area contributed by atoms with E-state index >= 15 is 0 Å². The zero-order valence-electron chi connectivity index (χ0n) is 14.5. The number of rotatable bonds is 8. The van der Waals surface area contributed by atoms with Crippen LogP contribution in [0.25, 0.3) is 0 Å². The summed E-state index contributed by atoms with van der Waals surface area (Å²) >= 11 is 6.07. The lowest BCUT2D eigenvalue weighted by Gasteiger charge is -2.08. The summed E-state index contributed by atoms with van der Waals surface area (Å²) in [6.07, 6.45) is 5.42. The average molecular weight is 387 g/mol. The van der Waals surface area contributed by atoms with Gasteiger partial charge in [-0.3, -0.25) is 14.5 Å². The van der Waals surface area contributed by atoms with Gasteiger partial charge in [0.05, 0.1) is 16.9 Å². The van der Waals surface area contributed by atoms with Gasteiger partial charge in [-0.2, -0.15) is 5.10 Å². The quantitative estimate of drug-likeness (QED) is 0.620. The van der Waals surface area contributed by atoms with Crippen LogP contribution in [0.5, 0.6) is 5.75 Å². The SMILES string of the molecule is O=C(Nc1cnn(CCCO)c1)c1cc(COc2ccccc2Cl)ccn1. The molecule has 140 valence electrons. The summed E-state index contributed by atoms with van der Waals surface area (Å²) in [5.74, 6) is 0.244. The number of hydrogen-bond donors (Lipinski definition) is 2. The van der Waals surface area contributed by atoms with Crippen molar-refractivity contribution >= 4 is 23.2 Å². The van der Waals surface area contributed by atoms with Crippen molar-refractivity contribution in [1.82, 2.24) is 14.8 Å². The number of aryl methyl sites for hydroxylation is 1. The third-order valence-corrected chi connectivity index (χ3v) is 4.04. The molecule has 0 unspecified atom stereocenters. The fraction of sp³-hybridized carbons (Fsp3) is 0.211. The average Bonchev–Trinajstić information content (AvgIpc) is 3.13. The normalized spacial score (nSPS) is 10.6. The number of para-hydroxylation sites is 1. The highest BCUT2D eigenvalue weighted by atomic mass is 35.5. The number of carbonyl (C=O) groups excluding carboxylic acids is 1. The molecule has 3 aromatic rings. The number of anilines is 1. The number of nitrogens with one attached hydrogen (secondary N) is 1. The van der Waals surface area contributed by atoms with E-state index in [4.69, 9.17) is 21.4 Å². The summed E-state index contributed by atoms with van der Waals surface area (Å²) < 4.78 is 7.35. The molecule has 0 aliphatic carbocycles. The second-order valence-corrected chi connectivity index (χ2v) is 6.20. The van der Waals surface area contributed by atoms with Crippen molar-refractivity contribution in [2.75, 3.05) is 11.9 Å². The number of amides is 1. The topological polar surface area (TPSA) is 89.3 Å². The van der Waals surface area contributed by atoms with E-state index in [9.17, 15) is 4.79 Å². The van der Waals surface area contributed by atoms with Crippen molar-refractivity contribution in [2.45, 2.75) is 19.6 Å². The molecule has 8 heteroatoms. The lowest BCUT2D eigenvalue weighted by atomic mass is 10.2. The van der Waals surface area contributed by atoms with Crippen LogP contribution in [-0.4, -0.2) is 32.4 Å². The van der Waals surface area contributed by atoms with Crippen LogP contribution in [0.15, 0.2) is 55.0 Å². The van der Waals surface area contributed by atoms with Crippen molar-refractivity contribution < 1.29 is 14.6 Å². The largest absolute Gasteiger partial charge is 0.487 e. The van der Waals surface area contributed by atoms with Crippen molar-refractivity contribution in [1.29, 1.82) is 0 Å². The number of benzene rings is 1. The van der Waals surface area contributed by atoms with E-state index < -0.39 is 0 Å². The molecule has 0 saturated carbocycles. The van der Waals surface area contributed by atoms with Crippen molar-refractivity contribution in [3.05, 3.63) is 71.3 Å². The van der Waals surface area contributed by atoms with E-state index in [1.807, 2.05) is 12.1 Å². The van der Waals surface area contributed by atoms with Crippen LogP contribution in [0.2, 0.25) is 5.02 Å². The number of aliphatic hydroxyl groups excluding tert-OH is 1. The molecule has 0 aliphatic heterocycles. The maximum absolute atomic E-state index is 12.4. The molecule has 0 fully saturated rings. The van der Waals surface area contributed by atoms with E-state index in [-0.39, 0.29) is 24.8 Å². The number of nitrogens with zero attached hydrogens (tertiary/aromatic N) is 3. The molecule has 0 bridgehead atoms. The van der Waals surface area contributed by atoms with Gasteiger partial charge in [-0.25, -0.2) is 0 Å². The predicted molar refractivity (Wildman–Crippen MR) is 102 cm³/mol. The highest BCUT2D eigenvalue weighted by molar-refractivity contribution is 6.32. The Kier molecular flexibility index (Phi) is 6.40. The minimum Gasteiger partial charge on any atom is -0.487 e. The molecule has 1 aromatic carbocycles. The Morgan fingerprint density at radius 3 is 2.96 bits per heavy atom. The molecule has 2 heterocycles. The van der Waals surface area contributed by atoms with Crippen LogP contribution >= 0.6 is 11.6 Å². The number of carbonyl (C=O) groups is 1. The standard InChI is InChI=1S/C19H19ClN4O3/c20-16-4-1-2-5-18(16)27-13-14-6-7-21-17(10-14)19(26)23-15-11-22-24(12-15)8-3-9-25/h1-2,4-7,10-12,25H,3,8-9,13H2,(H,23,26). The van der Waals surface area contributed by atoms with Crippen LogP contribution in [0.4, 0.5) is 5.69 Å². The predicted octanol–water partition coefficient (Wildman–Crippen LogP) is 3.15. The van der Waals surface area contributed by atoms with Crippen molar-refractivity contribution in [2.24, 2.45) is 0 Å². The van der Waals surface area contributed by atoms with E-state index in [1.54, 1.807) is 47.5 Å². The van der Waals surface area contributed by atoms with Crippen LogP contribution in [0.1, 0.15) is 22.5 Å². The number of halogens is 1. The molecule has 2 aromatic heterocycles. The minimum absolute atomic E-state index is 0.0918. The van der Waals surface area contributed by atoms with Crippen LogP contribution in [0, 0.1) is 0 Å². The molecule has 1 amide bonds. The zero-order valence-corrected chi connectivity index (χ0v) is 15.3. The summed E-state index contributed by atoms with van der Waals surface area (Å²) in [6.45, 7) is 0.944. The third-order valence-electron chi connectivity index (χ3n) is 3.72. The molecule has 0 saturated heterocycles. The fourth-order valence-corrected chi connectivity index (χ4v) is 2.58. The molecule has 2 N–H and O–H groups in total. The number of aromatic nitrogens is 3. The van der Waals surface area contributed by atoms with Gasteiger partial charge >= 0.3 is 0 Å². The van der Waals surface area contributed by atoms with Crippen LogP contribution in [-0.2, 0) is 13.2 Å². The second kappa shape index (κ2) is 9.16. The highest BCUT2D eigenvalue weighted by Crippen LogP contribution is 2.24. The first-order valence-electron chi connectivity index (χ1n) is 8.42. The Bertz CT molecular complexity index is 913. The molecule has 7 nitrogen and oxygen atoms in total. The van der Waals surface area contributed by atoms with E-state index in [2.05, 4.69) is 15.4 Å². The molecule has 0 spiro atoms. The summed E-state index contributed by atoms with van der Waals surface area (Å²) in [4.78, 5) is 16.5. The van der Waals surface area contributed by atoms with Crippen LogP contribution in [0.3, 0.4) is 0 Å². The Hall–Kier alpha value is -2.90. The number of hydrogen-bond acceptors (Lipinski definition) is 5. The van der Waals surface area contributed by atoms with Gasteiger partial charge in [-0.15, -0.1) is 0 Å². The van der Waals surface area contributed by atoms with Gasteiger partial charge in [0.2, 0.25) is 0 Å². The second-order valence-electron chi connectivity index (χ2n) is 5.79. The van der Waals surface area contributed by atoms with Gasteiger partial charge in [-0.1, -0.05) is 23.7 Å². The molecular formula is C19H19ClN4O3.